The Hall–Kier alpha value is -6.57. The molecule has 7 N–H and O–H groups in total. The second-order valence-corrected chi connectivity index (χ2v) is 28.2. The smallest absolute Gasteiger partial charge is 0.391 e. The molecule has 8 rings (SSSR count). The van der Waals surface area contributed by atoms with Crippen LogP contribution < -0.4 is 21.3 Å². The van der Waals surface area contributed by atoms with Crippen molar-refractivity contribution in [1.29, 1.82) is 0 Å². The summed E-state index contributed by atoms with van der Waals surface area (Å²) in [6.07, 6.45) is -1.43. The van der Waals surface area contributed by atoms with Gasteiger partial charge in [0.25, 0.3) is 5.91 Å². The van der Waals surface area contributed by atoms with Crippen LogP contribution >= 0.6 is 30.3 Å². The Bertz CT molecular complexity index is 3370. The number of aliphatic hydroxyl groups excluding tert-OH is 1. The molecule has 0 saturated carbocycles. The molecule has 21 nitrogen and oxygen atoms in total. The molecule has 2 aromatic heterocycles. The molecule has 3 unspecified atom stereocenters. The minimum atomic E-state index is -5.88. The van der Waals surface area contributed by atoms with Crippen LogP contribution in [0, 0.1) is 17.8 Å². The fourth-order valence-corrected chi connectivity index (χ4v) is 13.2. The van der Waals surface area contributed by atoms with Crippen LogP contribution in [0.15, 0.2) is 84.4 Å². The summed E-state index contributed by atoms with van der Waals surface area (Å²) in [6, 6.07) is 16.7. The number of thiophene rings is 1. The number of nitrogens with zero attached hydrogens (tertiary/aromatic N) is 4. The van der Waals surface area contributed by atoms with Crippen LogP contribution in [-0.2, 0) is 48.5 Å². The maximum Gasteiger partial charge on any atom is 0.399 e. The number of carbonyl (C=O) groups excluding carboxylic acids is 7. The van der Waals surface area contributed by atoms with Gasteiger partial charge in [0, 0.05) is 55.7 Å². The van der Waals surface area contributed by atoms with E-state index in [0.717, 1.165) is 50.7 Å². The summed E-state index contributed by atoms with van der Waals surface area (Å²) in [5, 5.41) is 22.3. The van der Waals surface area contributed by atoms with Gasteiger partial charge in [-0.05, 0) is 77.8 Å². The Morgan fingerprint density at radius 1 is 0.816 bits per heavy atom. The molecule has 3 aliphatic heterocycles. The molecule has 7 amide bonds. The molecule has 26 heteroatoms. The molecule has 5 heterocycles. The highest BCUT2D eigenvalue weighted by molar-refractivity contribution is 7.52. The number of unbranched alkanes of at least 4 members (excludes halogenated alkanes) is 1. The van der Waals surface area contributed by atoms with Crippen molar-refractivity contribution in [2.75, 3.05) is 45.9 Å². The summed E-state index contributed by atoms with van der Waals surface area (Å²) in [4.78, 5) is 127. The normalized spacial score (nSPS) is 20.4. The fourth-order valence-electron chi connectivity index (χ4n) is 11.0. The van der Waals surface area contributed by atoms with E-state index in [1.54, 1.807) is 63.3 Å². The summed E-state index contributed by atoms with van der Waals surface area (Å²) in [6.45, 7) is 14.5. The number of benzene rings is 3. The highest BCUT2D eigenvalue weighted by atomic mass is 32.1. The second-order valence-electron chi connectivity index (χ2n) is 24.6. The molecule has 8 atom stereocenters. The lowest BCUT2D eigenvalue weighted by molar-refractivity contribution is -0.150. The molecule has 0 bridgehead atoms. The maximum absolute atomic E-state index is 14.9. The average Bonchev–Trinajstić information content (AvgIpc) is 1.94. The standard InChI is InChI=1S/C61H77F2N8O13PS2/c1-35(37-17-19-39(20-18-37)51-36(2)65-34-86-51)66-54(75)44-28-42(72)30-70(44)57(78)52(59(3,4)5)67-49(73)16-12-13-23-64-50(74)33-84-43-29-45(56(77)69-24-25-83-46(32-69)38-14-10-9-11-15-38)71(31-43)58(79)53(60(6,7)8)68-55(76)48-27-40-26-41(21-22-47(40)87-48)61(62,63)85(80,81)82/h9-11,14-15,17-22,26-27,34-35,42-46,52-53,72H,12-13,16,23-25,28-33H2,1-8H3,(H,64,74)(H,66,75)(H,67,73)(H,68,76)(H2,80,81,82)/t35-,42+,43-,44-,45-,46?,52?,53?/m0/s1. The third kappa shape index (κ3) is 16.0. The number of aromatic nitrogens is 1. The Kier molecular flexibility index (Phi) is 20.9. The van der Waals surface area contributed by atoms with E-state index >= 15 is 0 Å². The van der Waals surface area contributed by atoms with E-state index in [1.165, 1.54) is 21.9 Å². The molecule has 87 heavy (non-hydrogen) atoms. The van der Waals surface area contributed by atoms with Crippen molar-refractivity contribution in [3.63, 3.8) is 0 Å². The van der Waals surface area contributed by atoms with Gasteiger partial charge in [0.05, 0.1) is 52.4 Å². The highest BCUT2D eigenvalue weighted by Gasteiger charge is 2.51. The molecular formula is C61H77F2N8O13PS2. The van der Waals surface area contributed by atoms with Crippen LogP contribution in [0.3, 0.4) is 0 Å². The number of carbonyl (C=O) groups is 7. The monoisotopic (exact) mass is 1260 g/mol. The van der Waals surface area contributed by atoms with Crippen molar-refractivity contribution in [2.24, 2.45) is 10.8 Å². The van der Waals surface area contributed by atoms with Crippen molar-refractivity contribution in [3.05, 3.63) is 112 Å². The zero-order valence-corrected chi connectivity index (χ0v) is 52.4. The third-order valence-electron chi connectivity index (χ3n) is 15.9. The quantitative estimate of drug-likeness (QED) is 0.0289. The zero-order chi connectivity index (χ0) is 63.3. The van der Waals surface area contributed by atoms with E-state index in [0.29, 0.717) is 17.5 Å². The van der Waals surface area contributed by atoms with Gasteiger partial charge in [-0.15, -0.1) is 22.7 Å². The lowest BCUT2D eigenvalue weighted by atomic mass is 9.85. The first kappa shape index (κ1) is 66.4. The second kappa shape index (κ2) is 27.4. The van der Waals surface area contributed by atoms with Crippen LogP contribution in [0.25, 0.3) is 20.5 Å². The van der Waals surface area contributed by atoms with Gasteiger partial charge in [-0.2, -0.15) is 8.78 Å². The lowest BCUT2D eigenvalue weighted by Crippen LogP contribution is -2.58. The number of thiazole rings is 1. The molecule has 470 valence electrons. The number of alkyl halides is 2. The van der Waals surface area contributed by atoms with Crippen LogP contribution in [-0.4, -0.2) is 158 Å². The topological polar surface area (TPSA) is 286 Å². The third-order valence-corrected chi connectivity index (χ3v) is 19.0. The number of hydrogen-bond acceptors (Lipinski definition) is 14. The number of amides is 7. The van der Waals surface area contributed by atoms with Crippen molar-refractivity contribution >= 4 is 81.7 Å². The number of fused-ring (bicyclic) bond motifs is 1. The predicted molar refractivity (Wildman–Crippen MR) is 323 cm³/mol. The summed E-state index contributed by atoms with van der Waals surface area (Å²) >= 11 is 2.47. The molecule has 0 aliphatic carbocycles. The SMILES string of the molecule is Cc1ncsc1-c1ccc([C@H](C)NC(=O)[C@@H]2C[C@@H](O)CN2C(=O)C(NC(=O)CCCCNC(=O)CO[C@H]2C[C@@H](C(=O)N3CCOC(c4ccccc4)C3)N(C(=O)C(NC(=O)c3cc4cc(C(F)(F)P(=O)(O)O)ccc4s3)C(C)(C)C)C2)C(C)(C)C)cc1. The molecule has 3 aliphatic rings. The average molecular weight is 1260 g/mol. The number of rotatable bonds is 21. The minimum Gasteiger partial charge on any atom is -0.391 e. The van der Waals surface area contributed by atoms with Crippen LogP contribution in [0.2, 0.25) is 0 Å². The van der Waals surface area contributed by atoms with Gasteiger partial charge < -0.3 is 60.3 Å². The summed E-state index contributed by atoms with van der Waals surface area (Å²) in [7, 11) is -5.88. The maximum atomic E-state index is 14.9. The van der Waals surface area contributed by atoms with Gasteiger partial charge in [0.2, 0.25) is 35.4 Å². The van der Waals surface area contributed by atoms with E-state index < -0.39 is 120 Å². The van der Waals surface area contributed by atoms with Gasteiger partial charge >= 0.3 is 13.3 Å². The number of halogens is 2. The van der Waals surface area contributed by atoms with Crippen LogP contribution in [0.1, 0.15) is 125 Å². The molecule has 3 saturated heterocycles. The molecule has 5 aromatic rings. The summed E-state index contributed by atoms with van der Waals surface area (Å²) in [5.41, 5.74) is -1.71. The first-order valence-electron chi connectivity index (χ1n) is 28.9. The number of ether oxygens (including phenoxy) is 2. The first-order chi connectivity index (χ1) is 40.9. The summed E-state index contributed by atoms with van der Waals surface area (Å²) < 4.78 is 53.4. The molecule has 3 aromatic carbocycles. The predicted octanol–water partition coefficient (Wildman–Crippen LogP) is 6.95. The molecule has 0 radical (unpaired) electrons. The Labute approximate surface area is 512 Å². The van der Waals surface area contributed by atoms with Gasteiger partial charge in [0.15, 0.2) is 0 Å². The first-order valence-corrected chi connectivity index (χ1v) is 32.2. The highest BCUT2D eigenvalue weighted by Crippen LogP contribution is 2.59. The van der Waals surface area contributed by atoms with Gasteiger partial charge in [-0.1, -0.05) is 102 Å². The number of likely N-dealkylation sites (tertiary alicyclic amines) is 2. The largest absolute Gasteiger partial charge is 0.399 e. The van der Waals surface area contributed by atoms with E-state index in [4.69, 9.17) is 9.47 Å². The van der Waals surface area contributed by atoms with Crippen molar-refractivity contribution in [3.8, 4) is 10.4 Å². The number of nitrogens with one attached hydrogen (secondary N) is 4. The summed E-state index contributed by atoms with van der Waals surface area (Å²) in [5.74, 6) is -3.56. The number of hydrogen-bond donors (Lipinski definition) is 7. The number of aryl methyl sites for hydroxylation is 1. The van der Waals surface area contributed by atoms with E-state index in [-0.39, 0.29) is 74.8 Å². The Balaban J connectivity index is 0.852. The lowest BCUT2D eigenvalue weighted by Gasteiger charge is -2.38. The molecule has 3 fully saturated rings. The number of aliphatic hydroxyl groups is 1. The Morgan fingerprint density at radius 2 is 1.48 bits per heavy atom. The van der Waals surface area contributed by atoms with Gasteiger partial charge in [-0.3, -0.25) is 38.1 Å². The van der Waals surface area contributed by atoms with Gasteiger partial charge in [0.1, 0.15) is 36.9 Å². The van der Waals surface area contributed by atoms with Crippen molar-refractivity contribution in [2.45, 2.75) is 142 Å². The number of β-amino-alcohol motifs (C(OH)–C–C–N with tert-alkyl or cyclic N) is 1. The zero-order valence-electron chi connectivity index (χ0n) is 49.9. The van der Waals surface area contributed by atoms with E-state index in [2.05, 4.69) is 26.3 Å². The van der Waals surface area contributed by atoms with Crippen molar-refractivity contribution in [1.82, 2.24) is 41.0 Å². The van der Waals surface area contributed by atoms with E-state index in [9.17, 15) is 61.8 Å². The van der Waals surface area contributed by atoms with Crippen molar-refractivity contribution < 1.29 is 71.3 Å². The molecular weight excluding hydrogens is 1190 g/mol. The van der Waals surface area contributed by atoms with Gasteiger partial charge in [-0.25, -0.2) is 4.98 Å². The van der Waals surface area contributed by atoms with Crippen LogP contribution in [0.4, 0.5) is 8.78 Å². The molecule has 0 spiro atoms. The minimum absolute atomic E-state index is 0.0105. The number of morpholine rings is 1. The Morgan fingerprint density at radius 3 is 2.13 bits per heavy atom. The van der Waals surface area contributed by atoms with Crippen LogP contribution in [0.5, 0.6) is 0 Å². The van der Waals surface area contributed by atoms with E-state index in [1.807, 2.05) is 68.4 Å². The fraction of sp³-hybridized carbons (Fsp3) is 0.508.